The van der Waals surface area contributed by atoms with Gasteiger partial charge in [0.15, 0.2) is 5.58 Å². The van der Waals surface area contributed by atoms with Gasteiger partial charge >= 0.3 is 5.91 Å². The van der Waals surface area contributed by atoms with Crippen molar-refractivity contribution in [2.24, 2.45) is 0 Å². The first-order chi connectivity index (χ1) is 14.5. The topological polar surface area (TPSA) is 86.8 Å². The van der Waals surface area contributed by atoms with Crippen molar-refractivity contribution in [1.29, 1.82) is 0 Å². The van der Waals surface area contributed by atoms with Crippen LogP contribution in [0.4, 0.5) is 4.39 Å². The van der Waals surface area contributed by atoms with Gasteiger partial charge in [-0.05, 0) is 50.2 Å². The first-order valence-electron chi connectivity index (χ1n) is 10.2. The normalized spacial score (nSPS) is 25.2. The predicted octanol–water partition coefficient (Wildman–Crippen LogP) is 3.20. The molecule has 1 fully saturated rings. The van der Waals surface area contributed by atoms with Gasteiger partial charge in [0.1, 0.15) is 12.4 Å². The highest BCUT2D eigenvalue weighted by Gasteiger charge is 2.53. The second-order valence-electron chi connectivity index (χ2n) is 8.14. The maximum atomic E-state index is 13.4. The van der Waals surface area contributed by atoms with Crippen LogP contribution in [-0.2, 0) is 0 Å². The third-order valence-corrected chi connectivity index (χ3v) is 6.42. The summed E-state index contributed by atoms with van der Waals surface area (Å²) in [4.78, 5) is 14.8. The molecule has 0 radical (unpaired) electrons. The van der Waals surface area contributed by atoms with Gasteiger partial charge in [-0.15, -0.1) is 0 Å². The number of likely N-dealkylation sites (tertiary alicyclic amines) is 1. The zero-order valence-electron chi connectivity index (χ0n) is 16.4. The summed E-state index contributed by atoms with van der Waals surface area (Å²) in [6.07, 6.45) is 0.440. The summed E-state index contributed by atoms with van der Waals surface area (Å²) in [5.41, 5.74) is 2.16. The third-order valence-electron chi connectivity index (χ3n) is 6.42. The Balaban J connectivity index is 1.22. The highest BCUT2D eigenvalue weighted by molar-refractivity contribution is 5.92. The van der Waals surface area contributed by atoms with E-state index in [1.54, 1.807) is 30.3 Å². The smallest absolute Gasteiger partial charge is 0.356 e. The predicted molar refractivity (Wildman–Crippen MR) is 105 cm³/mol. The molecule has 3 aromatic rings. The molecule has 0 saturated carbocycles. The molecule has 0 spiro atoms. The number of quaternary nitrogens is 1. The van der Waals surface area contributed by atoms with E-state index in [-0.39, 0.29) is 18.3 Å². The van der Waals surface area contributed by atoms with Crippen LogP contribution in [0.1, 0.15) is 46.6 Å². The number of fused-ring (bicyclic) bond motifs is 2. The van der Waals surface area contributed by atoms with Gasteiger partial charge in [-0.1, -0.05) is 21.9 Å². The maximum absolute atomic E-state index is 13.4. The van der Waals surface area contributed by atoms with Crippen molar-refractivity contribution in [3.63, 3.8) is 0 Å². The molecule has 1 saturated heterocycles. The number of hydrogen-bond donors (Lipinski definition) is 2. The number of hydroxylamine groups is 3. The van der Waals surface area contributed by atoms with Crippen LogP contribution in [-0.4, -0.2) is 57.1 Å². The van der Waals surface area contributed by atoms with E-state index in [0.29, 0.717) is 23.3 Å². The highest BCUT2D eigenvalue weighted by Crippen LogP contribution is 2.37. The first kappa shape index (κ1) is 19.3. The molecular weight excluding hydrogens is 389 g/mol. The van der Waals surface area contributed by atoms with Crippen LogP contribution in [0.15, 0.2) is 47.0 Å². The monoisotopic (exact) mass is 412 g/mol. The van der Waals surface area contributed by atoms with Crippen molar-refractivity contribution in [2.75, 3.05) is 26.2 Å². The van der Waals surface area contributed by atoms with E-state index < -0.39 is 16.8 Å². The van der Waals surface area contributed by atoms with E-state index in [4.69, 9.17) is 4.52 Å². The van der Waals surface area contributed by atoms with Gasteiger partial charge in [-0.3, -0.25) is 4.90 Å². The van der Waals surface area contributed by atoms with Crippen molar-refractivity contribution in [3.05, 3.63) is 65.1 Å². The van der Waals surface area contributed by atoms with Crippen molar-refractivity contribution in [1.82, 2.24) is 10.1 Å². The quantitative estimate of drug-likeness (QED) is 0.506. The zero-order valence-corrected chi connectivity index (χ0v) is 16.4. The molecule has 0 bridgehead atoms. The van der Waals surface area contributed by atoms with Crippen LogP contribution >= 0.6 is 0 Å². The van der Waals surface area contributed by atoms with Crippen LogP contribution in [0.2, 0.25) is 0 Å². The number of carbonyl (C=O) groups is 1. The van der Waals surface area contributed by atoms with Crippen LogP contribution in [0.3, 0.4) is 0 Å². The summed E-state index contributed by atoms with van der Waals surface area (Å²) in [7, 11) is 0. The summed E-state index contributed by atoms with van der Waals surface area (Å²) in [6, 6.07) is 11.3. The number of aliphatic hydroxyl groups excluding tert-OH is 1. The number of hydrogen-bond acceptors (Lipinski definition) is 6. The molecule has 0 aliphatic carbocycles. The Labute approximate surface area is 172 Å². The fourth-order valence-corrected chi connectivity index (χ4v) is 4.64. The molecule has 7 nitrogen and oxygen atoms in total. The van der Waals surface area contributed by atoms with E-state index >= 15 is 0 Å². The number of halogens is 1. The van der Waals surface area contributed by atoms with Gasteiger partial charge in [0.05, 0.1) is 23.4 Å². The van der Waals surface area contributed by atoms with Crippen LogP contribution in [0.25, 0.3) is 11.0 Å². The third kappa shape index (κ3) is 3.04. The molecule has 156 valence electrons. The zero-order chi connectivity index (χ0) is 20.9. The van der Waals surface area contributed by atoms with Crippen molar-refractivity contribution < 1.29 is 28.7 Å². The molecule has 8 heteroatoms. The van der Waals surface area contributed by atoms with Gasteiger partial charge < -0.3 is 9.63 Å². The Morgan fingerprint density at radius 1 is 1.20 bits per heavy atom. The number of benzene rings is 2. The van der Waals surface area contributed by atoms with Gasteiger partial charge in [0.2, 0.25) is 0 Å². The second-order valence-corrected chi connectivity index (χ2v) is 8.14. The van der Waals surface area contributed by atoms with Gasteiger partial charge in [-0.2, -0.15) is 0 Å². The lowest BCUT2D eigenvalue weighted by Crippen LogP contribution is -2.52. The lowest BCUT2D eigenvalue weighted by molar-refractivity contribution is -1.07. The maximum Gasteiger partial charge on any atom is 0.381 e. The van der Waals surface area contributed by atoms with Gasteiger partial charge in [0.25, 0.3) is 6.23 Å². The molecule has 1 aromatic heterocycles. The van der Waals surface area contributed by atoms with E-state index in [1.807, 2.05) is 0 Å². The molecule has 2 aliphatic heterocycles. The summed E-state index contributed by atoms with van der Waals surface area (Å²) >= 11 is 0. The van der Waals surface area contributed by atoms with Gasteiger partial charge in [0, 0.05) is 17.4 Å². The van der Waals surface area contributed by atoms with Crippen molar-refractivity contribution >= 4 is 16.9 Å². The first-order valence-corrected chi connectivity index (χ1v) is 10.2. The highest BCUT2D eigenvalue weighted by atomic mass is 19.1. The Morgan fingerprint density at radius 2 is 1.97 bits per heavy atom. The minimum atomic E-state index is -1.26. The van der Waals surface area contributed by atoms with Crippen molar-refractivity contribution in [3.8, 4) is 0 Å². The minimum absolute atomic E-state index is 0.117. The number of aliphatic hydroxyl groups is 1. The SMILES string of the molecule is O=C1c2ccccc2C(O)[N+]1(O)CCN1CCC(c2noc3cc(F)ccc23)CC1. The molecular formula is C22H23FN3O4+. The summed E-state index contributed by atoms with van der Waals surface area (Å²) in [5, 5.41) is 26.4. The number of amides is 1. The summed E-state index contributed by atoms with van der Waals surface area (Å²) in [6.45, 7) is 2.16. The fraction of sp³-hybridized carbons (Fsp3) is 0.364. The number of rotatable bonds is 4. The van der Waals surface area contributed by atoms with Crippen LogP contribution in [0, 0.1) is 5.82 Å². The molecule has 3 heterocycles. The Morgan fingerprint density at radius 3 is 2.73 bits per heavy atom. The van der Waals surface area contributed by atoms with Crippen LogP contribution in [0.5, 0.6) is 0 Å². The van der Waals surface area contributed by atoms with E-state index in [9.17, 15) is 19.5 Å². The van der Waals surface area contributed by atoms with E-state index in [0.717, 1.165) is 37.0 Å². The molecule has 2 unspecified atom stereocenters. The summed E-state index contributed by atoms with van der Waals surface area (Å²) in [5.74, 6) is -0.593. The Hall–Kier alpha value is -2.65. The lowest BCUT2D eigenvalue weighted by Gasteiger charge is -2.33. The average molecular weight is 412 g/mol. The van der Waals surface area contributed by atoms with E-state index in [1.165, 1.54) is 12.1 Å². The Bertz CT molecular complexity index is 1110. The second kappa shape index (κ2) is 7.24. The molecule has 1 amide bonds. The molecule has 2 atom stereocenters. The number of carbonyl (C=O) groups excluding carboxylic acids is 1. The fourth-order valence-electron chi connectivity index (χ4n) is 4.64. The largest absolute Gasteiger partial charge is 0.381 e. The number of aromatic nitrogens is 1. The van der Waals surface area contributed by atoms with Crippen LogP contribution < -0.4 is 0 Å². The van der Waals surface area contributed by atoms with Crippen molar-refractivity contribution in [2.45, 2.75) is 25.0 Å². The molecule has 2 aromatic carbocycles. The Kier molecular flexibility index (Phi) is 4.67. The summed E-state index contributed by atoms with van der Waals surface area (Å²) < 4.78 is 17.7. The molecule has 2 aliphatic rings. The number of piperidine rings is 1. The molecule has 30 heavy (non-hydrogen) atoms. The lowest BCUT2D eigenvalue weighted by atomic mass is 9.91. The van der Waals surface area contributed by atoms with E-state index in [2.05, 4.69) is 10.1 Å². The molecule has 5 rings (SSSR count). The standard InChI is InChI=1S/C22H23FN3O4/c23-15-5-6-18-19(13-15)30-24-20(18)14-7-9-25(10-8-14)11-12-26(29)21(27)16-3-1-2-4-17(16)22(26)28/h1-6,13-14,21,27,29H,7-12H2/q+1. The molecule has 2 N–H and O–H groups in total. The average Bonchev–Trinajstić information content (AvgIpc) is 3.26. The van der Waals surface area contributed by atoms with Gasteiger partial charge in [-0.25, -0.2) is 14.4 Å². The minimum Gasteiger partial charge on any atom is -0.356 e. The number of nitrogens with zero attached hydrogens (tertiary/aromatic N) is 3.